The van der Waals surface area contributed by atoms with Crippen molar-refractivity contribution in [3.05, 3.63) is 0 Å². The van der Waals surface area contributed by atoms with Gasteiger partial charge < -0.3 is 9.90 Å². The second-order valence-corrected chi connectivity index (χ2v) is 11.1. The van der Waals surface area contributed by atoms with Gasteiger partial charge in [-0.15, -0.1) is 0 Å². The molecule has 0 spiro atoms. The molecule has 0 aliphatic rings. The molecule has 4 heteroatoms. The molecular formula is C32H64KNO2. The van der Waals surface area contributed by atoms with Crippen molar-refractivity contribution in [1.29, 1.82) is 0 Å². The van der Waals surface area contributed by atoms with E-state index in [9.17, 15) is 9.90 Å². The summed E-state index contributed by atoms with van der Waals surface area (Å²) in [5, 5.41) is 11.7. The molecule has 36 heavy (non-hydrogen) atoms. The van der Waals surface area contributed by atoms with Crippen molar-refractivity contribution in [1.82, 2.24) is 4.90 Å². The maximum Gasteiger partial charge on any atom is 1.00 e. The summed E-state index contributed by atoms with van der Waals surface area (Å²) in [5.74, 6) is -0.884. The summed E-state index contributed by atoms with van der Waals surface area (Å²) in [6.45, 7) is 8.38. The molecule has 0 amide bonds. The maximum atomic E-state index is 11.7. The van der Waals surface area contributed by atoms with Crippen molar-refractivity contribution in [3.8, 4) is 0 Å². The monoisotopic (exact) mass is 533 g/mol. The number of carbonyl (C=O) groups excluding carboxylic acids is 1. The molecule has 0 N–H and O–H groups in total. The van der Waals surface area contributed by atoms with Crippen LogP contribution in [0.25, 0.3) is 0 Å². The van der Waals surface area contributed by atoms with Gasteiger partial charge in [0.05, 0.1) is 5.97 Å². The van der Waals surface area contributed by atoms with Crippen molar-refractivity contribution in [3.63, 3.8) is 0 Å². The molecule has 0 aliphatic carbocycles. The van der Waals surface area contributed by atoms with E-state index < -0.39 is 12.0 Å². The zero-order valence-electron chi connectivity index (χ0n) is 25.4. The molecule has 0 aromatic heterocycles. The molecule has 0 radical (unpaired) electrons. The molecule has 210 valence electrons. The van der Waals surface area contributed by atoms with Crippen LogP contribution in [-0.2, 0) is 4.79 Å². The second-order valence-electron chi connectivity index (χ2n) is 11.1. The predicted molar refractivity (Wildman–Crippen MR) is 153 cm³/mol. The molecule has 0 aromatic carbocycles. The summed E-state index contributed by atoms with van der Waals surface area (Å²) in [7, 11) is 0. The summed E-state index contributed by atoms with van der Waals surface area (Å²) < 4.78 is 0. The number of rotatable bonds is 29. The van der Waals surface area contributed by atoms with E-state index >= 15 is 0 Å². The fourth-order valence-corrected chi connectivity index (χ4v) is 5.31. The first kappa shape index (κ1) is 39.2. The minimum atomic E-state index is -0.884. The van der Waals surface area contributed by atoms with Gasteiger partial charge in [-0.25, -0.2) is 0 Å². The molecule has 0 aliphatic heterocycles. The zero-order chi connectivity index (χ0) is 25.8. The quantitative estimate of drug-likeness (QED) is 0.0846. The first-order valence-corrected chi connectivity index (χ1v) is 16.1. The Hall–Kier alpha value is 1.07. The molecule has 0 rings (SSSR count). The van der Waals surface area contributed by atoms with E-state index in [0.717, 1.165) is 25.9 Å². The third-order valence-electron chi connectivity index (χ3n) is 7.70. The van der Waals surface area contributed by atoms with Crippen LogP contribution < -0.4 is 56.5 Å². The molecule has 3 nitrogen and oxygen atoms in total. The van der Waals surface area contributed by atoms with Crippen LogP contribution in [0.4, 0.5) is 0 Å². The Bertz CT molecular complexity index is 404. The van der Waals surface area contributed by atoms with Crippen molar-refractivity contribution in [2.24, 2.45) is 0 Å². The standard InChI is InChI=1S/C32H65NO2.K/c1-4-7-9-11-13-15-17-19-21-23-25-27-29-33(31(6-3)32(34)35)30-28-26-24-22-20-18-16-14-12-10-8-5-2;/h31H,4-30H2,1-3H3,(H,34,35);/q;+1/p-1. The van der Waals surface area contributed by atoms with Crippen LogP contribution in [0.5, 0.6) is 0 Å². The van der Waals surface area contributed by atoms with Gasteiger partial charge >= 0.3 is 51.4 Å². The van der Waals surface area contributed by atoms with Gasteiger partial charge in [0.25, 0.3) is 0 Å². The average molecular weight is 534 g/mol. The number of nitrogens with zero attached hydrogens (tertiary/aromatic N) is 1. The van der Waals surface area contributed by atoms with Gasteiger partial charge in [0.2, 0.25) is 0 Å². The number of hydrogen-bond donors (Lipinski definition) is 0. The van der Waals surface area contributed by atoms with E-state index in [4.69, 9.17) is 0 Å². The molecule has 0 fully saturated rings. The second kappa shape index (κ2) is 32.3. The van der Waals surface area contributed by atoms with Crippen molar-refractivity contribution >= 4 is 5.97 Å². The summed E-state index contributed by atoms with van der Waals surface area (Å²) in [4.78, 5) is 13.9. The van der Waals surface area contributed by atoms with Crippen LogP contribution in [0.2, 0.25) is 0 Å². The Morgan fingerprint density at radius 1 is 0.500 bits per heavy atom. The van der Waals surface area contributed by atoms with Gasteiger partial charge in [0, 0.05) is 6.04 Å². The molecule has 0 saturated carbocycles. The summed E-state index contributed by atoms with van der Waals surface area (Å²) in [6, 6.07) is -0.407. The van der Waals surface area contributed by atoms with E-state index in [1.54, 1.807) is 0 Å². The largest absolute Gasteiger partial charge is 1.00 e. The average Bonchev–Trinajstić information content (AvgIpc) is 2.85. The Morgan fingerprint density at radius 2 is 0.750 bits per heavy atom. The topological polar surface area (TPSA) is 43.4 Å². The van der Waals surface area contributed by atoms with Gasteiger partial charge in [0.15, 0.2) is 0 Å². The van der Waals surface area contributed by atoms with Gasteiger partial charge in [-0.05, 0) is 32.4 Å². The van der Waals surface area contributed by atoms with Crippen LogP contribution in [0.3, 0.4) is 0 Å². The summed E-state index contributed by atoms with van der Waals surface area (Å²) in [6.07, 6.45) is 32.9. The van der Waals surface area contributed by atoms with Crippen LogP contribution in [0.1, 0.15) is 181 Å². The minimum Gasteiger partial charge on any atom is -0.548 e. The van der Waals surface area contributed by atoms with Gasteiger partial charge in [-0.3, -0.25) is 4.90 Å². The van der Waals surface area contributed by atoms with Crippen molar-refractivity contribution in [2.45, 2.75) is 187 Å². The third kappa shape index (κ3) is 26.7. The van der Waals surface area contributed by atoms with Gasteiger partial charge in [-0.2, -0.15) is 0 Å². The first-order valence-electron chi connectivity index (χ1n) is 16.1. The van der Waals surface area contributed by atoms with Gasteiger partial charge in [0.1, 0.15) is 0 Å². The molecule has 0 heterocycles. The predicted octanol–water partition coefficient (Wildman–Crippen LogP) is 6.22. The van der Waals surface area contributed by atoms with E-state index in [-0.39, 0.29) is 51.4 Å². The number of aliphatic carboxylic acids is 1. The van der Waals surface area contributed by atoms with Crippen LogP contribution in [-0.4, -0.2) is 30.0 Å². The van der Waals surface area contributed by atoms with Crippen LogP contribution in [0, 0.1) is 0 Å². The van der Waals surface area contributed by atoms with Gasteiger partial charge in [-0.1, -0.05) is 162 Å². The van der Waals surface area contributed by atoms with E-state index in [1.165, 1.54) is 141 Å². The Balaban J connectivity index is 0. The summed E-state index contributed by atoms with van der Waals surface area (Å²) >= 11 is 0. The smallest absolute Gasteiger partial charge is 0.548 e. The molecule has 0 bridgehead atoms. The fraction of sp³-hybridized carbons (Fsp3) is 0.969. The number of carbonyl (C=O) groups is 1. The number of carboxylic acids is 1. The van der Waals surface area contributed by atoms with E-state index in [1.807, 2.05) is 6.92 Å². The number of hydrogen-bond acceptors (Lipinski definition) is 3. The maximum absolute atomic E-state index is 11.7. The Morgan fingerprint density at radius 3 is 0.972 bits per heavy atom. The molecule has 1 unspecified atom stereocenters. The molecule has 0 aromatic rings. The number of unbranched alkanes of at least 4 members (excludes halogenated alkanes) is 22. The minimum absolute atomic E-state index is 0. The summed E-state index contributed by atoms with van der Waals surface area (Å²) in [5.41, 5.74) is 0. The van der Waals surface area contributed by atoms with Crippen molar-refractivity contribution < 1.29 is 61.3 Å². The zero-order valence-corrected chi connectivity index (χ0v) is 28.6. The van der Waals surface area contributed by atoms with E-state index in [0.29, 0.717) is 6.42 Å². The molecule has 1 atom stereocenters. The third-order valence-corrected chi connectivity index (χ3v) is 7.70. The fourth-order valence-electron chi connectivity index (χ4n) is 5.31. The first-order chi connectivity index (χ1) is 17.2. The molecule has 0 saturated heterocycles. The Kier molecular flexibility index (Phi) is 35.2. The number of carboxylic acid groups (broad SMARTS) is 1. The SMILES string of the molecule is CCCCCCCCCCCCCCN(CCCCCCCCCCCCCC)C(CC)C(=O)[O-].[K+]. The van der Waals surface area contributed by atoms with Crippen LogP contribution >= 0.6 is 0 Å². The van der Waals surface area contributed by atoms with Crippen LogP contribution in [0.15, 0.2) is 0 Å². The van der Waals surface area contributed by atoms with E-state index in [2.05, 4.69) is 18.7 Å². The Labute approximate surface area is 270 Å². The normalized spacial score (nSPS) is 12.1. The van der Waals surface area contributed by atoms with Crippen molar-refractivity contribution in [2.75, 3.05) is 13.1 Å². The molecular weight excluding hydrogens is 469 g/mol.